The number of hydrogen-bond acceptors (Lipinski definition) is 1. The van der Waals surface area contributed by atoms with Crippen molar-refractivity contribution in [2.75, 3.05) is 13.1 Å². The van der Waals surface area contributed by atoms with Crippen molar-refractivity contribution in [2.24, 2.45) is 5.92 Å². The molecule has 1 aliphatic rings. The van der Waals surface area contributed by atoms with E-state index in [1.54, 1.807) is 0 Å². The highest BCUT2D eigenvalue weighted by molar-refractivity contribution is 9.10. The third-order valence-corrected chi connectivity index (χ3v) is 3.95. The Balaban J connectivity index is 1.84. The normalized spacial score (nSPS) is 21.5. The van der Waals surface area contributed by atoms with E-state index in [9.17, 15) is 0 Å². The summed E-state index contributed by atoms with van der Waals surface area (Å²) in [7, 11) is 0. The number of nitrogens with one attached hydrogen (secondary N) is 1. The molecule has 0 aromatic heterocycles. The molecule has 1 fully saturated rings. The van der Waals surface area contributed by atoms with E-state index in [4.69, 9.17) is 0 Å². The van der Waals surface area contributed by atoms with Gasteiger partial charge in [0.15, 0.2) is 0 Å². The fourth-order valence-electron chi connectivity index (χ4n) is 2.23. The van der Waals surface area contributed by atoms with Crippen LogP contribution < -0.4 is 5.32 Å². The molecule has 82 valence electrons. The van der Waals surface area contributed by atoms with Crippen LogP contribution in [0.4, 0.5) is 0 Å². The Hall–Kier alpha value is -0.340. The summed E-state index contributed by atoms with van der Waals surface area (Å²) in [5.74, 6) is 0.880. The van der Waals surface area contributed by atoms with Crippen LogP contribution >= 0.6 is 15.9 Å². The van der Waals surface area contributed by atoms with E-state index in [-0.39, 0.29) is 0 Å². The van der Waals surface area contributed by atoms with Crippen molar-refractivity contribution in [1.82, 2.24) is 5.32 Å². The molecule has 0 bridgehead atoms. The van der Waals surface area contributed by atoms with Crippen LogP contribution in [-0.2, 0) is 6.42 Å². The lowest BCUT2D eigenvalue weighted by Gasteiger charge is -2.22. The predicted molar refractivity (Wildman–Crippen MR) is 68.1 cm³/mol. The first-order chi connectivity index (χ1) is 7.36. The summed E-state index contributed by atoms with van der Waals surface area (Å²) in [4.78, 5) is 0. The molecule has 1 heterocycles. The van der Waals surface area contributed by atoms with Gasteiger partial charge in [0.25, 0.3) is 0 Å². The molecule has 0 aliphatic carbocycles. The number of piperidine rings is 1. The second-order valence-electron chi connectivity index (χ2n) is 4.34. The summed E-state index contributed by atoms with van der Waals surface area (Å²) in [5, 5.41) is 3.47. The summed E-state index contributed by atoms with van der Waals surface area (Å²) < 4.78 is 1.26. The van der Waals surface area contributed by atoms with Crippen LogP contribution in [0, 0.1) is 5.92 Å². The molecular formula is C13H18BrN. The predicted octanol–water partition coefficient (Wildman–Crippen LogP) is 3.38. The fraction of sp³-hybridized carbons (Fsp3) is 0.538. The number of halogens is 1. The first kappa shape index (κ1) is 11.2. The van der Waals surface area contributed by atoms with Crippen molar-refractivity contribution >= 4 is 15.9 Å². The number of benzene rings is 1. The second-order valence-corrected chi connectivity index (χ2v) is 5.20. The first-order valence-corrected chi connectivity index (χ1v) is 6.59. The van der Waals surface area contributed by atoms with Gasteiger partial charge in [0.05, 0.1) is 0 Å². The highest BCUT2D eigenvalue weighted by Gasteiger charge is 2.12. The van der Waals surface area contributed by atoms with Crippen molar-refractivity contribution in [3.63, 3.8) is 0 Å². The van der Waals surface area contributed by atoms with Crippen LogP contribution in [0.1, 0.15) is 24.8 Å². The van der Waals surface area contributed by atoms with Crippen molar-refractivity contribution in [3.8, 4) is 0 Å². The monoisotopic (exact) mass is 267 g/mol. The lowest BCUT2D eigenvalue weighted by Crippen LogP contribution is -2.29. The summed E-state index contributed by atoms with van der Waals surface area (Å²) >= 11 is 3.61. The quantitative estimate of drug-likeness (QED) is 0.886. The standard InChI is InChI=1S/C13H18BrN/c14-13-6-2-1-5-12(13)8-7-11-4-3-9-15-10-11/h1-2,5-6,11,15H,3-4,7-10H2. The molecule has 2 rings (SSSR count). The van der Waals surface area contributed by atoms with E-state index in [0.29, 0.717) is 0 Å². The third-order valence-electron chi connectivity index (χ3n) is 3.18. The summed E-state index contributed by atoms with van der Waals surface area (Å²) in [6, 6.07) is 8.56. The zero-order valence-corrected chi connectivity index (χ0v) is 10.6. The average Bonchev–Trinajstić information content (AvgIpc) is 2.29. The van der Waals surface area contributed by atoms with E-state index >= 15 is 0 Å². The van der Waals surface area contributed by atoms with E-state index in [1.807, 2.05) is 0 Å². The van der Waals surface area contributed by atoms with Crippen LogP contribution in [0.15, 0.2) is 28.7 Å². The molecule has 2 heteroatoms. The molecule has 0 amide bonds. The maximum atomic E-state index is 3.61. The van der Waals surface area contributed by atoms with Gasteiger partial charge in [-0.3, -0.25) is 0 Å². The molecular weight excluding hydrogens is 250 g/mol. The SMILES string of the molecule is Brc1ccccc1CCC1CCCNC1. The van der Waals surface area contributed by atoms with Crippen molar-refractivity contribution < 1.29 is 0 Å². The number of aryl methyl sites for hydroxylation is 1. The Morgan fingerprint density at radius 2 is 2.20 bits per heavy atom. The second kappa shape index (κ2) is 5.66. The van der Waals surface area contributed by atoms with Crippen molar-refractivity contribution in [3.05, 3.63) is 34.3 Å². The molecule has 1 saturated heterocycles. The van der Waals surface area contributed by atoms with Crippen LogP contribution in [-0.4, -0.2) is 13.1 Å². The Bertz CT molecular complexity index is 305. The Kier molecular flexibility index (Phi) is 4.21. The van der Waals surface area contributed by atoms with Crippen LogP contribution in [0.3, 0.4) is 0 Å². The molecule has 0 saturated carbocycles. The highest BCUT2D eigenvalue weighted by atomic mass is 79.9. The van der Waals surface area contributed by atoms with Gasteiger partial charge in [-0.05, 0) is 56.3 Å². The molecule has 1 aromatic carbocycles. The highest BCUT2D eigenvalue weighted by Crippen LogP contribution is 2.21. The molecule has 1 aliphatic heterocycles. The fourth-order valence-corrected chi connectivity index (χ4v) is 2.71. The number of hydrogen-bond donors (Lipinski definition) is 1. The van der Waals surface area contributed by atoms with Gasteiger partial charge < -0.3 is 5.32 Å². The molecule has 1 unspecified atom stereocenters. The molecule has 1 N–H and O–H groups in total. The van der Waals surface area contributed by atoms with Crippen molar-refractivity contribution in [2.45, 2.75) is 25.7 Å². The van der Waals surface area contributed by atoms with Crippen LogP contribution in [0.2, 0.25) is 0 Å². The van der Waals surface area contributed by atoms with Crippen LogP contribution in [0.25, 0.3) is 0 Å². The zero-order valence-electron chi connectivity index (χ0n) is 9.01. The van der Waals surface area contributed by atoms with E-state index in [0.717, 1.165) is 5.92 Å². The van der Waals surface area contributed by atoms with Gasteiger partial charge in [-0.1, -0.05) is 34.1 Å². The van der Waals surface area contributed by atoms with Gasteiger partial charge >= 0.3 is 0 Å². The zero-order chi connectivity index (χ0) is 10.5. The van der Waals surface area contributed by atoms with Gasteiger partial charge in [0.1, 0.15) is 0 Å². The Morgan fingerprint density at radius 3 is 2.93 bits per heavy atom. The summed E-state index contributed by atoms with van der Waals surface area (Å²) in [6.45, 7) is 2.43. The third kappa shape index (κ3) is 3.32. The summed E-state index contributed by atoms with van der Waals surface area (Å²) in [5.41, 5.74) is 1.45. The smallest absolute Gasteiger partial charge is 0.0207 e. The minimum atomic E-state index is 0.880. The Labute approximate surface area is 100 Å². The largest absolute Gasteiger partial charge is 0.316 e. The van der Waals surface area contributed by atoms with E-state index in [2.05, 4.69) is 45.5 Å². The summed E-state index contributed by atoms with van der Waals surface area (Å²) in [6.07, 6.45) is 5.27. The first-order valence-electron chi connectivity index (χ1n) is 5.80. The average molecular weight is 268 g/mol. The lowest BCUT2D eigenvalue weighted by molar-refractivity contribution is 0.358. The van der Waals surface area contributed by atoms with Gasteiger partial charge in [-0.15, -0.1) is 0 Å². The molecule has 1 atom stereocenters. The topological polar surface area (TPSA) is 12.0 Å². The van der Waals surface area contributed by atoms with Gasteiger partial charge in [0, 0.05) is 4.47 Å². The maximum absolute atomic E-state index is 3.61. The molecule has 1 aromatic rings. The molecule has 0 spiro atoms. The van der Waals surface area contributed by atoms with Gasteiger partial charge in [-0.25, -0.2) is 0 Å². The number of rotatable bonds is 3. The minimum absolute atomic E-state index is 0.880. The molecule has 15 heavy (non-hydrogen) atoms. The maximum Gasteiger partial charge on any atom is 0.0207 e. The lowest BCUT2D eigenvalue weighted by atomic mass is 9.93. The van der Waals surface area contributed by atoms with E-state index < -0.39 is 0 Å². The van der Waals surface area contributed by atoms with Crippen molar-refractivity contribution in [1.29, 1.82) is 0 Å². The van der Waals surface area contributed by atoms with Crippen LogP contribution in [0.5, 0.6) is 0 Å². The van der Waals surface area contributed by atoms with E-state index in [1.165, 1.54) is 48.8 Å². The molecule has 0 radical (unpaired) electrons. The molecule has 1 nitrogen and oxygen atoms in total. The minimum Gasteiger partial charge on any atom is -0.316 e. The Morgan fingerprint density at radius 1 is 1.33 bits per heavy atom. The van der Waals surface area contributed by atoms with Gasteiger partial charge in [0.2, 0.25) is 0 Å². The van der Waals surface area contributed by atoms with Gasteiger partial charge in [-0.2, -0.15) is 0 Å².